The van der Waals surface area contributed by atoms with Crippen LogP contribution >= 0.6 is 15.9 Å². The van der Waals surface area contributed by atoms with Crippen LogP contribution in [0.5, 0.6) is 0 Å². The summed E-state index contributed by atoms with van der Waals surface area (Å²) in [5, 5.41) is 5.19. The van der Waals surface area contributed by atoms with Gasteiger partial charge >= 0.3 is 0 Å². The zero-order valence-electron chi connectivity index (χ0n) is 10.3. The maximum Gasteiger partial charge on any atom is 0.0470 e. The number of aromatic amines is 1. The molecule has 0 radical (unpaired) electrons. The molecule has 2 aliphatic carbocycles. The van der Waals surface area contributed by atoms with Crippen molar-refractivity contribution >= 4 is 26.8 Å². The van der Waals surface area contributed by atoms with Gasteiger partial charge in [0.05, 0.1) is 0 Å². The van der Waals surface area contributed by atoms with Gasteiger partial charge in [-0.25, -0.2) is 0 Å². The smallest absolute Gasteiger partial charge is 0.0470 e. The number of aryl methyl sites for hydroxylation is 1. The molecule has 1 aromatic heterocycles. The summed E-state index contributed by atoms with van der Waals surface area (Å²) in [5.74, 6) is 0. The molecule has 1 unspecified atom stereocenters. The Bertz CT molecular complexity index is 598. The van der Waals surface area contributed by atoms with E-state index in [-0.39, 0.29) is 0 Å². The van der Waals surface area contributed by atoms with Crippen molar-refractivity contribution in [2.24, 2.45) is 0 Å². The molecule has 2 nitrogen and oxygen atoms in total. The topological polar surface area (TPSA) is 27.8 Å². The number of halogens is 1. The van der Waals surface area contributed by atoms with Crippen molar-refractivity contribution in [3.8, 4) is 0 Å². The van der Waals surface area contributed by atoms with Crippen molar-refractivity contribution < 1.29 is 0 Å². The fourth-order valence-electron chi connectivity index (χ4n) is 3.12. The fraction of sp³-hybridized carbons (Fsp3) is 0.467. The van der Waals surface area contributed by atoms with Crippen molar-refractivity contribution in [3.63, 3.8) is 0 Å². The highest BCUT2D eigenvalue weighted by molar-refractivity contribution is 9.10. The summed E-state index contributed by atoms with van der Waals surface area (Å²) in [6.45, 7) is 0. The van der Waals surface area contributed by atoms with Gasteiger partial charge in [-0.15, -0.1) is 0 Å². The van der Waals surface area contributed by atoms with E-state index in [1.807, 2.05) is 0 Å². The molecule has 3 heteroatoms. The van der Waals surface area contributed by atoms with Gasteiger partial charge in [-0.1, -0.05) is 22.0 Å². The number of nitrogens with one attached hydrogen (secondary N) is 2. The van der Waals surface area contributed by atoms with Crippen molar-refractivity contribution in [1.82, 2.24) is 10.3 Å². The minimum absolute atomic E-state index is 0.688. The second-order valence-corrected chi connectivity index (χ2v) is 6.57. The van der Waals surface area contributed by atoms with Gasteiger partial charge in [-0.3, -0.25) is 0 Å². The van der Waals surface area contributed by atoms with Crippen LogP contribution in [0.4, 0.5) is 0 Å². The summed E-state index contributed by atoms with van der Waals surface area (Å²) in [7, 11) is 0. The van der Waals surface area contributed by atoms with Crippen LogP contribution in [0.3, 0.4) is 0 Å². The summed E-state index contributed by atoms with van der Waals surface area (Å²) >= 11 is 3.55. The Balaban J connectivity index is 1.70. The van der Waals surface area contributed by atoms with Crippen molar-refractivity contribution in [2.45, 2.75) is 44.2 Å². The molecule has 1 atom stereocenters. The van der Waals surface area contributed by atoms with Crippen LogP contribution in [0.15, 0.2) is 22.7 Å². The lowest BCUT2D eigenvalue weighted by molar-refractivity contribution is 0.455. The quantitative estimate of drug-likeness (QED) is 0.872. The number of aromatic nitrogens is 1. The molecule has 1 aromatic carbocycles. The molecule has 4 rings (SSSR count). The minimum atomic E-state index is 0.688. The molecule has 1 saturated carbocycles. The van der Waals surface area contributed by atoms with Gasteiger partial charge in [0.1, 0.15) is 0 Å². The highest BCUT2D eigenvalue weighted by Gasteiger charge is 2.28. The third kappa shape index (κ3) is 1.90. The molecule has 1 heterocycles. The lowest BCUT2D eigenvalue weighted by Gasteiger charge is -2.23. The van der Waals surface area contributed by atoms with Crippen LogP contribution in [0.1, 0.15) is 30.5 Å². The largest absolute Gasteiger partial charge is 0.358 e. The summed E-state index contributed by atoms with van der Waals surface area (Å²) in [6, 6.07) is 8.09. The van der Waals surface area contributed by atoms with Gasteiger partial charge in [0.2, 0.25) is 0 Å². The van der Waals surface area contributed by atoms with E-state index in [0.29, 0.717) is 6.04 Å². The van der Waals surface area contributed by atoms with E-state index in [4.69, 9.17) is 0 Å². The zero-order valence-corrected chi connectivity index (χ0v) is 11.9. The van der Waals surface area contributed by atoms with Crippen LogP contribution in [0, 0.1) is 0 Å². The van der Waals surface area contributed by atoms with Crippen LogP contribution < -0.4 is 5.32 Å². The predicted octanol–water partition coefficient (Wildman–Crippen LogP) is 3.54. The molecular weight excluding hydrogens is 288 g/mol. The molecule has 2 aromatic rings. The number of hydrogen-bond acceptors (Lipinski definition) is 1. The molecule has 0 bridgehead atoms. The molecule has 94 valence electrons. The van der Waals surface area contributed by atoms with Gasteiger partial charge in [-0.2, -0.15) is 0 Å². The fourth-order valence-corrected chi connectivity index (χ4v) is 3.48. The number of rotatable bonds is 2. The lowest BCUT2D eigenvalue weighted by Crippen LogP contribution is -2.35. The van der Waals surface area contributed by atoms with E-state index >= 15 is 0 Å². The third-order valence-electron chi connectivity index (χ3n) is 4.20. The summed E-state index contributed by atoms with van der Waals surface area (Å²) < 4.78 is 1.15. The summed E-state index contributed by atoms with van der Waals surface area (Å²) in [4.78, 5) is 3.59. The van der Waals surface area contributed by atoms with E-state index in [0.717, 1.165) is 10.5 Å². The predicted molar refractivity (Wildman–Crippen MR) is 78.0 cm³/mol. The minimum Gasteiger partial charge on any atom is -0.358 e. The molecular formula is C15H17BrN2. The van der Waals surface area contributed by atoms with E-state index < -0.39 is 0 Å². The molecule has 0 saturated heterocycles. The number of benzene rings is 1. The second-order valence-electron chi connectivity index (χ2n) is 5.65. The summed E-state index contributed by atoms with van der Waals surface area (Å²) in [5.41, 5.74) is 4.28. The van der Waals surface area contributed by atoms with Crippen molar-refractivity contribution in [3.05, 3.63) is 33.9 Å². The zero-order chi connectivity index (χ0) is 12.1. The Morgan fingerprint density at radius 1 is 1.17 bits per heavy atom. The van der Waals surface area contributed by atoms with E-state index in [1.54, 1.807) is 5.56 Å². The number of H-pyrrole nitrogens is 1. The highest BCUT2D eigenvalue weighted by Crippen LogP contribution is 2.32. The Morgan fingerprint density at radius 2 is 2.06 bits per heavy atom. The van der Waals surface area contributed by atoms with Gasteiger partial charge in [-0.05, 0) is 49.8 Å². The van der Waals surface area contributed by atoms with E-state index in [1.165, 1.54) is 48.7 Å². The number of fused-ring (bicyclic) bond motifs is 3. The first-order valence-electron chi connectivity index (χ1n) is 6.84. The maximum atomic E-state index is 3.78. The Hall–Kier alpha value is -0.800. The SMILES string of the molecule is Brc1ccc2c3c([nH]c2c1)CCC(NC1CC1)C3. The molecule has 18 heavy (non-hydrogen) atoms. The molecule has 0 amide bonds. The highest BCUT2D eigenvalue weighted by atomic mass is 79.9. The Morgan fingerprint density at radius 3 is 2.89 bits per heavy atom. The Kier molecular flexibility index (Phi) is 2.52. The standard InChI is InChI=1S/C15H17BrN2/c16-9-1-5-12-13-8-11(17-10-2-3-10)4-6-14(13)18-15(12)7-9/h1,5,7,10-11,17-18H,2-4,6,8H2. The first-order valence-corrected chi connectivity index (χ1v) is 7.64. The molecule has 2 N–H and O–H groups in total. The van der Waals surface area contributed by atoms with Crippen LogP contribution in [0.25, 0.3) is 10.9 Å². The third-order valence-corrected chi connectivity index (χ3v) is 4.69. The molecule has 0 spiro atoms. The first-order chi connectivity index (χ1) is 8.79. The van der Waals surface area contributed by atoms with Crippen molar-refractivity contribution in [1.29, 1.82) is 0 Å². The lowest BCUT2D eigenvalue weighted by atomic mass is 9.91. The van der Waals surface area contributed by atoms with Crippen LogP contribution in [-0.2, 0) is 12.8 Å². The van der Waals surface area contributed by atoms with Crippen molar-refractivity contribution in [2.75, 3.05) is 0 Å². The monoisotopic (exact) mass is 304 g/mol. The first kappa shape index (κ1) is 11.1. The van der Waals surface area contributed by atoms with E-state index in [2.05, 4.69) is 44.4 Å². The molecule has 2 aliphatic rings. The average molecular weight is 305 g/mol. The van der Waals surface area contributed by atoms with Gasteiger partial charge < -0.3 is 10.3 Å². The second kappa shape index (κ2) is 4.10. The number of hydrogen-bond donors (Lipinski definition) is 2. The maximum absolute atomic E-state index is 3.78. The molecule has 0 aliphatic heterocycles. The molecule has 1 fully saturated rings. The Labute approximate surface area is 115 Å². The van der Waals surface area contributed by atoms with Gasteiger partial charge in [0, 0.05) is 33.2 Å². The van der Waals surface area contributed by atoms with Crippen LogP contribution in [-0.4, -0.2) is 17.1 Å². The van der Waals surface area contributed by atoms with Crippen LogP contribution in [0.2, 0.25) is 0 Å². The average Bonchev–Trinajstić information content (AvgIpc) is 3.09. The normalized spacial score (nSPS) is 23.3. The summed E-state index contributed by atoms with van der Waals surface area (Å²) in [6.07, 6.45) is 6.41. The van der Waals surface area contributed by atoms with Gasteiger partial charge in [0.25, 0.3) is 0 Å². The van der Waals surface area contributed by atoms with Gasteiger partial charge in [0.15, 0.2) is 0 Å². The van der Waals surface area contributed by atoms with E-state index in [9.17, 15) is 0 Å².